The van der Waals surface area contributed by atoms with Crippen LogP contribution in [-0.2, 0) is 9.59 Å². The summed E-state index contributed by atoms with van der Waals surface area (Å²) >= 11 is 0. The summed E-state index contributed by atoms with van der Waals surface area (Å²) < 4.78 is 0. The van der Waals surface area contributed by atoms with E-state index in [1.807, 2.05) is 42.5 Å². The van der Waals surface area contributed by atoms with E-state index in [0.29, 0.717) is 12.5 Å². The second-order valence-corrected chi connectivity index (χ2v) is 8.04. The lowest BCUT2D eigenvalue weighted by atomic mass is 9.95. The Bertz CT molecular complexity index is 797. The highest BCUT2D eigenvalue weighted by molar-refractivity contribution is 5.92. The molecular weight excluding hydrogens is 362 g/mol. The van der Waals surface area contributed by atoms with Crippen molar-refractivity contribution in [2.24, 2.45) is 5.92 Å². The highest BCUT2D eigenvalue weighted by Gasteiger charge is 2.28. The molecule has 29 heavy (non-hydrogen) atoms. The van der Waals surface area contributed by atoms with E-state index in [9.17, 15) is 9.59 Å². The van der Waals surface area contributed by atoms with E-state index in [-0.39, 0.29) is 17.7 Å². The Labute approximate surface area is 173 Å². The number of amides is 2. The highest BCUT2D eigenvalue weighted by atomic mass is 16.2. The molecule has 2 amide bonds. The fraction of sp³-hybridized carbons (Fsp3) is 0.417. The largest absolute Gasteiger partial charge is 0.327 e. The molecule has 0 spiro atoms. The Morgan fingerprint density at radius 1 is 0.966 bits per heavy atom. The van der Waals surface area contributed by atoms with Gasteiger partial charge in [0.05, 0.1) is 13.1 Å². The van der Waals surface area contributed by atoms with Gasteiger partial charge in [-0.15, -0.1) is 0 Å². The van der Waals surface area contributed by atoms with Crippen molar-refractivity contribution in [3.05, 3.63) is 60.2 Å². The van der Waals surface area contributed by atoms with Gasteiger partial charge in [-0.1, -0.05) is 44.2 Å². The molecule has 1 aliphatic heterocycles. The molecule has 0 saturated carbocycles. The Morgan fingerprint density at radius 3 is 2.21 bits per heavy atom. The van der Waals surface area contributed by atoms with E-state index >= 15 is 0 Å². The van der Waals surface area contributed by atoms with Crippen molar-refractivity contribution >= 4 is 23.2 Å². The number of hydrogen-bond donors (Lipinski definition) is 3. The molecule has 0 radical (unpaired) electrons. The molecule has 3 N–H and O–H groups in total. The lowest BCUT2D eigenvalue weighted by molar-refractivity contribution is -0.897. The molecule has 0 aromatic heterocycles. The van der Waals surface area contributed by atoms with Crippen LogP contribution in [0.25, 0.3) is 0 Å². The number of quaternary nitrogens is 1. The third kappa shape index (κ3) is 6.16. The van der Waals surface area contributed by atoms with Gasteiger partial charge in [-0.05, 0) is 42.2 Å². The van der Waals surface area contributed by atoms with Gasteiger partial charge in [-0.3, -0.25) is 9.59 Å². The van der Waals surface area contributed by atoms with Gasteiger partial charge in [0, 0.05) is 30.1 Å². The van der Waals surface area contributed by atoms with E-state index in [0.717, 1.165) is 43.7 Å². The van der Waals surface area contributed by atoms with Gasteiger partial charge in [0.2, 0.25) is 5.91 Å². The van der Waals surface area contributed by atoms with E-state index in [4.69, 9.17) is 0 Å². The molecule has 0 bridgehead atoms. The number of likely N-dealkylation sites (tertiary alicyclic amines) is 1. The molecule has 1 heterocycles. The smallest absolute Gasteiger partial charge is 0.279 e. The summed E-state index contributed by atoms with van der Waals surface area (Å²) in [6, 6.07) is 17.7. The number of benzene rings is 2. The van der Waals surface area contributed by atoms with Gasteiger partial charge in [0.15, 0.2) is 6.54 Å². The molecule has 2 aromatic rings. The molecule has 0 aliphatic carbocycles. The maximum atomic E-state index is 12.4. The molecule has 1 aliphatic rings. The molecule has 1 saturated heterocycles. The Kier molecular flexibility index (Phi) is 7.42. The summed E-state index contributed by atoms with van der Waals surface area (Å²) in [5.74, 6) is 0.671. The number of piperidine rings is 1. The first-order chi connectivity index (χ1) is 14.0. The van der Waals surface area contributed by atoms with Crippen LogP contribution in [-0.4, -0.2) is 31.4 Å². The summed E-state index contributed by atoms with van der Waals surface area (Å²) in [6.45, 7) is 6.51. The molecule has 1 atom stereocenters. The van der Waals surface area contributed by atoms with Crippen LogP contribution in [0.15, 0.2) is 54.6 Å². The number of nitrogens with one attached hydrogen (secondary N) is 3. The highest BCUT2D eigenvalue weighted by Crippen LogP contribution is 2.20. The fourth-order valence-electron chi connectivity index (χ4n) is 3.79. The van der Waals surface area contributed by atoms with Crippen molar-refractivity contribution in [2.45, 2.75) is 39.0 Å². The zero-order valence-corrected chi connectivity index (χ0v) is 17.4. The molecule has 1 fully saturated rings. The second kappa shape index (κ2) is 10.2. The Hall–Kier alpha value is -2.66. The fourth-order valence-corrected chi connectivity index (χ4v) is 3.79. The summed E-state index contributed by atoms with van der Waals surface area (Å²) in [7, 11) is 0. The van der Waals surface area contributed by atoms with Crippen LogP contribution in [0.5, 0.6) is 0 Å². The quantitative estimate of drug-likeness (QED) is 0.676. The third-order valence-electron chi connectivity index (χ3n) is 5.89. The zero-order chi connectivity index (χ0) is 20.6. The van der Waals surface area contributed by atoms with Crippen molar-refractivity contribution < 1.29 is 14.5 Å². The Morgan fingerprint density at radius 2 is 1.59 bits per heavy atom. The summed E-state index contributed by atoms with van der Waals surface area (Å²) in [5, 5.41) is 5.99. The van der Waals surface area contributed by atoms with Crippen LogP contribution < -0.4 is 15.5 Å². The van der Waals surface area contributed by atoms with Crippen molar-refractivity contribution in [2.75, 3.05) is 30.3 Å². The topological polar surface area (TPSA) is 62.6 Å². The maximum absolute atomic E-state index is 12.4. The summed E-state index contributed by atoms with van der Waals surface area (Å²) in [6.07, 6.45) is 2.73. The number of carbonyl (C=O) groups excluding carboxylic acids is 2. The van der Waals surface area contributed by atoms with Crippen molar-refractivity contribution in [1.29, 1.82) is 0 Å². The van der Waals surface area contributed by atoms with Gasteiger partial charge in [-0.25, -0.2) is 0 Å². The first-order valence-electron chi connectivity index (χ1n) is 10.6. The van der Waals surface area contributed by atoms with Crippen molar-refractivity contribution in [3.8, 4) is 0 Å². The van der Waals surface area contributed by atoms with Crippen LogP contribution in [0.3, 0.4) is 0 Å². The van der Waals surface area contributed by atoms with Crippen LogP contribution >= 0.6 is 0 Å². The van der Waals surface area contributed by atoms with Gasteiger partial charge < -0.3 is 15.5 Å². The third-order valence-corrected chi connectivity index (χ3v) is 5.89. The number of anilines is 2. The lowest BCUT2D eigenvalue weighted by Gasteiger charge is -2.28. The van der Waals surface area contributed by atoms with Crippen LogP contribution in [0.4, 0.5) is 11.4 Å². The van der Waals surface area contributed by atoms with E-state index in [1.165, 1.54) is 10.5 Å². The number of para-hydroxylation sites is 1. The second-order valence-electron chi connectivity index (χ2n) is 8.04. The summed E-state index contributed by atoms with van der Waals surface area (Å²) in [5.41, 5.74) is 2.98. The SMILES string of the molecule is CC[C@@H](C)c1ccc(NC(=O)C[NH+]2CCC(C(=O)Nc3ccccc3)CC2)cc1. The average Bonchev–Trinajstić information content (AvgIpc) is 2.75. The van der Waals surface area contributed by atoms with Gasteiger partial charge in [0.1, 0.15) is 0 Å². The van der Waals surface area contributed by atoms with Crippen LogP contribution in [0, 0.1) is 5.92 Å². The minimum atomic E-state index is 0.0233. The molecule has 2 aromatic carbocycles. The van der Waals surface area contributed by atoms with Crippen LogP contribution in [0.1, 0.15) is 44.6 Å². The molecule has 154 valence electrons. The maximum Gasteiger partial charge on any atom is 0.279 e. The average molecular weight is 395 g/mol. The predicted molar refractivity (Wildman–Crippen MR) is 117 cm³/mol. The molecule has 5 nitrogen and oxygen atoms in total. The number of hydrogen-bond acceptors (Lipinski definition) is 2. The molecule has 0 unspecified atom stereocenters. The normalized spacial score (nSPS) is 19.9. The lowest BCUT2D eigenvalue weighted by Crippen LogP contribution is -3.14. The number of carbonyl (C=O) groups is 2. The minimum Gasteiger partial charge on any atom is -0.327 e. The Balaban J connectivity index is 1.42. The van der Waals surface area contributed by atoms with E-state index in [2.05, 4.69) is 36.6 Å². The van der Waals surface area contributed by atoms with E-state index < -0.39 is 0 Å². The zero-order valence-electron chi connectivity index (χ0n) is 17.4. The monoisotopic (exact) mass is 394 g/mol. The van der Waals surface area contributed by atoms with Crippen LogP contribution in [0.2, 0.25) is 0 Å². The first kappa shape index (κ1) is 21.1. The standard InChI is InChI=1S/C24H31N3O2/c1-3-18(2)19-9-11-22(12-10-19)25-23(28)17-27-15-13-20(14-16-27)24(29)26-21-7-5-4-6-8-21/h4-12,18,20H,3,13-17H2,1-2H3,(H,25,28)(H,26,29)/p+1/t18-/m1/s1. The van der Waals surface area contributed by atoms with Crippen molar-refractivity contribution in [1.82, 2.24) is 0 Å². The predicted octanol–water partition coefficient (Wildman–Crippen LogP) is 3.07. The van der Waals surface area contributed by atoms with Gasteiger partial charge in [0.25, 0.3) is 5.91 Å². The molecule has 5 heteroatoms. The number of rotatable bonds is 7. The molecule has 3 rings (SSSR count). The minimum absolute atomic E-state index is 0.0233. The summed E-state index contributed by atoms with van der Waals surface area (Å²) in [4.78, 5) is 26.1. The first-order valence-corrected chi connectivity index (χ1v) is 10.6. The van der Waals surface area contributed by atoms with E-state index in [1.54, 1.807) is 0 Å². The van der Waals surface area contributed by atoms with Gasteiger partial charge in [-0.2, -0.15) is 0 Å². The molecular formula is C24H32N3O2+. The van der Waals surface area contributed by atoms with Crippen molar-refractivity contribution in [3.63, 3.8) is 0 Å². The van der Waals surface area contributed by atoms with Gasteiger partial charge >= 0.3 is 0 Å².